The smallest absolute Gasteiger partial charge is 0.161 e. The van der Waals surface area contributed by atoms with Gasteiger partial charge in [-0.2, -0.15) is 0 Å². The van der Waals surface area contributed by atoms with Gasteiger partial charge in [-0.1, -0.05) is 6.07 Å². The minimum Gasteiger partial charge on any atom is -0.486 e. The lowest BCUT2D eigenvalue weighted by Gasteiger charge is -2.28. The molecule has 0 fully saturated rings. The minimum absolute atomic E-state index is 0.615. The van der Waals surface area contributed by atoms with Gasteiger partial charge in [-0.25, -0.2) is 9.97 Å². The van der Waals surface area contributed by atoms with Crippen molar-refractivity contribution in [2.45, 2.75) is 19.5 Å². The fraction of sp³-hybridized carbons (Fsp3) is 0.375. The number of nitrogens with zero attached hydrogens (tertiary/aromatic N) is 3. The van der Waals surface area contributed by atoms with Crippen LogP contribution in [0.15, 0.2) is 24.5 Å². The lowest BCUT2D eigenvalue weighted by Crippen LogP contribution is -2.31. The molecule has 6 nitrogen and oxygen atoms in total. The molecule has 4 rings (SSSR count). The molecule has 1 aromatic heterocycles. The molecule has 0 amide bonds. The Bertz CT molecular complexity index is 705. The zero-order chi connectivity index (χ0) is 14.9. The van der Waals surface area contributed by atoms with E-state index in [0.29, 0.717) is 19.0 Å². The van der Waals surface area contributed by atoms with Gasteiger partial charge in [0.05, 0.1) is 5.69 Å². The molecule has 0 saturated heterocycles. The molecule has 0 bridgehead atoms. The van der Waals surface area contributed by atoms with Gasteiger partial charge < -0.3 is 15.2 Å². The van der Waals surface area contributed by atoms with Crippen molar-refractivity contribution < 1.29 is 9.47 Å². The van der Waals surface area contributed by atoms with E-state index in [2.05, 4.69) is 27.0 Å². The lowest BCUT2D eigenvalue weighted by molar-refractivity contribution is 0.171. The molecule has 0 spiro atoms. The van der Waals surface area contributed by atoms with Crippen LogP contribution >= 0.6 is 0 Å². The van der Waals surface area contributed by atoms with Gasteiger partial charge in [0, 0.05) is 25.2 Å². The second-order valence-electron chi connectivity index (χ2n) is 5.62. The first-order chi connectivity index (χ1) is 10.8. The predicted octanol–water partition coefficient (Wildman–Crippen LogP) is 1.39. The molecule has 2 aromatic rings. The van der Waals surface area contributed by atoms with Crippen LogP contribution in [0.2, 0.25) is 0 Å². The van der Waals surface area contributed by atoms with Crippen LogP contribution in [-0.2, 0) is 19.5 Å². The van der Waals surface area contributed by atoms with E-state index in [4.69, 9.17) is 15.2 Å². The Kier molecular flexibility index (Phi) is 3.31. The van der Waals surface area contributed by atoms with Crippen LogP contribution in [0.1, 0.15) is 16.8 Å². The molecule has 1 aromatic carbocycles. The summed E-state index contributed by atoms with van der Waals surface area (Å²) in [7, 11) is 0. The molecular weight excluding hydrogens is 280 g/mol. The highest BCUT2D eigenvalue weighted by Crippen LogP contribution is 2.31. The van der Waals surface area contributed by atoms with Crippen molar-refractivity contribution in [1.82, 2.24) is 14.9 Å². The van der Waals surface area contributed by atoms with E-state index in [1.54, 1.807) is 6.33 Å². The fourth-order valence-electron chi connectivity index (χ4n) is 3.01. The number of nitrogen functional groups attached to an aromatic ring is 1. The first-order valence-corrected chi connectivity index (χ1v) is 7.49. The number of fused-ring (bicyclic) bond motifs is 2. The number of benzene rings is 1. The Morgan fingerprint density at radius 2 is 2.00 bits per heavy atom. The summed E-state index contributed by atoms with van der Waals surface area (Å²) in [6.07, 6.45) is 2.44. The van der Waals surface area contributed by atoms with E-state index < -0.39 is 0 Å². The van der Waals surface area contributed by atoms with Crippen molar-refractivity contribution in [2.24, 2.45) is 0 Å². The van der Waals surface area contributed by atoms with E-state index in [1.165, 1.54) is 5.56 Å². The molecule has 0 unspecified atom stereocenters. The van der Waals surface area contributed by atoms with E-state index in [9.17, 15) is 0 Å². The summed E-state index contributed by atoms with van der Waals surface area (Å²) in [4.78, 5) is 10.8. The lowest BCUT2D eigenvalue weighted by atomic mass is 10.0. The van der Waals surface area contributed by atoms with Gasteiger partial charge >= 0.3 is 0 Å². The van der Waals surface area contributed by atoms with Gasteiger partial charge in [-0.05, 0) is 24.1 Å². The van der Waals surface area contributed by atoms with Crippen molar-refractivity contribution in [2.75, 3.05) is 25.5 Å². The van der Waals surface area contributed by atoms with Crippen LogP contribution in [0.25, 0.3) is 0 Å². The number of ether oxygens (including phenoxy) is 2. The van der Waals surface area contributed by atoms with Crippen molar-refractivity contribution in [3.63, 3.8) is 0 Å². The number of aromatic nitrogens is 2. The number of rotatable bonds is 2. The average Bonchev–Trinajstić information content (AvgIpc) is 2.55. The maximum atomic E-state index is 5.92. The Morgan fingerprint density at radius 1 is 1.14 bits per heavy atom. The van der Waals surface area contributed by atoms with Crippen LogP contribution in [0.3, 0.4) is 0 Å². The summed E-state index contributed by atoms with van der Waals surface area (Å²) in [5.74, 6) is 2.29. The summed E-state index contributed by atoms with van der Waals surface area (Å²) < 4.78 is 11.2. The van der Waals surface area contributed by atoms with Crippen molar-refractivity contribution >= 4 is 5.82 Å². The van der Waals surface area contributed by atoms with E-state index in [1.807, 2.05) is 6.07 Å². The number of hydrogen-bond acceptors (Lipinski definition) is 6. The van der Waals surface area contributed by atoms with Gasteiger partial charge in [0.2, 0.25) is 0 Å². The first kappa shape index (κ1) is 13.3. The summed E-state index contributed by atoms with van der Waals surface area (Å²) in [5, 5.41) is 0. The van der Waals surface area contributed by atoms with Gasteiger partial charge in [-0.15, -0.1) is 0 Å². The van der Waals surface area contributed by atoms with E-state index in [0.717, 1.165) is 48.8 Å². The van der Waals surface area contributed by atoms with Crippen LogP contribution < -0.4 is 15.2 Å². The Hall–Kier alpha value is -2.34. The molecule has 0 saturated carbocycles. The number of nitrogens with two attached hydrogens (primary N) is 1. The molecule has 2 N–H and O–H groups in total. The van der Waals surface area contributed by atoms with Crippen molar-refractivity contribution in [3.8, 4) is 11.5 Å². The van der Waals surface area contributed by atoms with Crippen molar-refractivity contribution in [1.29, 1.82) is 0 Å². The summed E-state index contributed by atoms with van der Waals surface area (Å²) >= 11 is 0. The largest absolute Gasteiger partial charge is 0.486 e. The normalized spacial score (nSPS) is 17.1. The molecule has 0 atom stereocenters. The quantitative estimate of drug-likeness (QED) is 0.903. The fourth-order valence-corrected chi connectivity index (χ4v) is 3.01. The predicted molar refractivity (Wildman–Crippen MR) is 81.7 cm³/mol. The third kappa shape index (κ3) is 2.46. The Morgan fingerprint density at radius 3 is 2.91 bits per heavy atom. The SMILES string of the molecule is Nc1ncnc2c1CCN(Cc1ccc3c(c1)OCCO3)C2. The maximum Gasteiger partial charge on any atom is 0.161 e. The standard InChI is InChI=1S/C16H18N4O2/c17-16-12-3-4-20(9-13(12)18-10-19-16)8-11-1-2-14-15(7-11)22-6-5-21-14/h1-2,7,10H,3-6,8-9H2,(H2,17,18,19). The molecule has 22 heavy (non-hydrogen) atoms. The monoisotopic (exact) mass is 298 g/mol. The molecule has 6 heteroatoms. The van der Waals surface area contributed by atoms with Gasteiger partial charge in [0.1, 0.15) is 25.4 Å². The zero-order valence-corrected chi connectivity index (χ0v) is 12.3. The molecule has 2 aliphatic rings. The first-order valence-electron chi connectivity index (χ1n) is 7.49. The number of hydrogen-bond donors (Lipinski definition) is 1. The molecule has 114 valence electrons. The highest BCUT2D eigenvalue weighted by Gasteiger charge is 2.20. The van der Waals surface area contributed by atoms with Gasteiger partial charge in [0.15, 0.2) is 11.5 Å². The van der Waals surface area contributed by atoms with Crippen LogP contribution in [0.4, 0.5) is 5.82 Å². The maximum absolute atomic E-state index is 5.92. The van der Waals surface area contributed by atoms with Crippen molar-refractivity contribution in [3.05, 3.63) is 41.3 Å². The van der Waals surface area contributed by atoms with E-state index >= 15 is 0 Å². The second kappa shape index (κ2) is 5.46. The number of anilines is 1. The minimum atomic E-state index is 0.615. The average molecular weight is 298 g/mol. The highest BCUT2D eigenvalue weighted by atomic mass is 16.6. The topological polar surface area (TPSA) is 73.5 Å². The molecule has 0 radical (unpaired) electrons. The molecule has 0 aliphatic carbocycles. The molecule has 3 heterocycles. The Balaban J connectivity index is 1.50. The van der Waals surface area contributed by atoms with Crippen LogP contribution in [-0.4, -0.2) is 34.6 Å². The summed E-state index contributed by atoms with van der Waals surface area (Å²) in [6.45, 7) is 3.86. The van der Waals surface area contributed by atoms with E-state index in [-0.39, 0.29) is 0 Å². The molecular formula is C16H18N4O2. The van der Waals surface area contributed by atoms with Gasteiger partial charge in [0.25, 0.3) is 0 Å². The van der Waals surface area contributed by atoms with Gasteiger partial charge in [-0.3, -0.25) is 4.90 Å². The summed E-state index contributed by atoms with van der Waals surface area (Å²) in [5.41, 5.74) is 9.27. The van der Waals surface area contributed by atoms with Crippen LogP contribution in [0, 0.1) is 0 Å². The third-order valence-corrected chi connectivity index (χ3v) is 4.13. The summed E-state index contributed by atoms with van der Waals surface area (Å²) in [6, 6.07) is 6.15. The molecule has 2 aliphatic heterocycles. The van der Waals surface area contributed by atoms with Crippen LogP contribution in [0.5, 0.6) is 11.5 Å². The Labute approximate surface area is 128 Å². The second-order valence-corrected chi connectivity index (χ2v) is 5.62. The zero-order valence-electron chi connectivity index (χ0n) is 12.3. The highest BCUT2D eigenvalue weighted by molar-refractivity contribution is 5.44. The third-order valence-electron chi connectivity index (χ3n) is 4.13.